The van der Waals surface area contributed by atoms with E-state index < -0.39 is 0 Å². The molecule has 0 atom stereocenters. The molecule has 0 radical (unpaired) electrons. The number of rotatable bonds is 2. The highest BCUT2D eigenvalue weighted by atomic mass is 16.5. The predicted molar refractivity (Wildman–Crippen MR) is 71.8 cm³/mol. The Hall–Kier alpha value is -1.55. The van der Waals surface area contributed by atoms with E-state index in [1.807, 2.05) is 36.1 Å². The first-order chi connectivity index (χ1) is 8.70. The number of aryl methyl sites for hydroxylation is 1. The zero-order valence-corrected chi connectivity index (χ0v) is 11.0. The number of nitrogens with one attached hydrogen (secondary N) is 1. The molecule has 4 heteroatoms. The maximum Gasteiger partial charge on any atom is 0.321 e. The lowest BCUT2D eigenvalue weighted by Gasteiger charge is -2.31. The SMILES string of the molecule is COC1CCN(C(=O)Nc2ccccc2C)CC1. The van der Waals surface area contributed by atoms with E-state index in [1.165, 1.54) is 0 Å². The number of hydrogen-bond donors (Lipinski definition) is 1. The maximum atomic E-state index is 12.1. The second kappa shape index (κ2) is 5.87. The van der Waals surface area contributed by atoms with E-state index >= 15 is 0 Å². The number of nitrogens with zero attached hydrogens (tertiary/aromatic N) is 1. The van der Waals surface area contributed by atoms with E-state index in [-0.39, 0.29) is 6.03 Å². The molecule has 0 unspecified atom stereocenters. The highest BCUT2D eigenvalue weighted by Gasteiger charge is 2.22. The molecule has 0 saturated carbocycles. The highest BCUT2D eigenvalue weighted by Crippen LogP contribution is 2.17. The summed E-state index contributed by atoms with van der Waals surface area (Å²) in [5.41, 5.74) is 1.97. The molecule has 1 heterocycles. The third kappa shape index (κ3) is 3.01. The third-order valence-electron chi connectivity index (χ3n) is 3.45. The number of likely N-dealkylation sites (tertiary alicyclic amines) is 1. The summed E-state index contributed by atoms with van der Waals surface area (Å²) in [6, 6.07) is 7.80. The summed E-state index contributed by atoms with van der Waals surface area (Å²) in [7, 11) is 1.73. The Morgan fingerprint density at radius 3 is 2.61 bits per heavy atom. The molecule has 1 saturated heterocycles. The van der Waals surface area contributed by atoms with Crippen molar-refractivity contribution < 1.29 is 9.53 Å². The minimum Gasteiger partial charge on any atom is -0.381 e. The molecule has 18 heavy (non-hydrogen) atoms. The molecule has 1 aromatic carbocycles. The number of piperidine rings is 1. The lowest BCUT2D eigenvalue weighted by Crippen LogP contribution is -2.42. The summed E-state index contributed by atoms with van der Waals surface area (Å²) in [4.78, 5) is 13.9. The van der Waals surface area contributed by atoms with Crippen LogP contribution >= 0.6 is 0 Å². The van der Waals surface area contributed by atoms with E-state index in [0.29, 0.717) is 6.10 Å². The van der Waals surface area contributed by atoms with Gasteiger partial charge in [-0.3, -0.25) is 0 Å². The van der Waals surface area contributed by atoms with Crippen molar-refractivity contribution in [1.82, 2.24) is 4.90 Å². The monoisotopic (exact) mass is 248 g/mol. The van der Waals surface area contributed by atoms with Gasteiger partial charge >= 0.3 is 6.03 Å². The fourth-order valence-corrected chi connectivity index (χ4v) is 2.20. The summed E-state index contributed by atoms with van der Waals surface area (Å²) in [6.45, 7) is 3.51. The molecular weight excluding hydrogens is 228 g/mol. The molecule has 2 amide bonds. The Kier molecular flexibility index (Phi) is 4.20. The lowest BCUT2D eigenvalue weighted by molar-refractivity contribution is 0.0521. The smallest absolute Gasteiger partial charge is 0.321 e. The molecule has 1 aliphatic heterocycles. The van der Waals surface area contributed by atoms with Crippen LogP contribution in [0.3, 0.4) is 0 Å². The predicted octanol–water partition coefficient (Wildman–Crippen LogP) is 2.64. The zero-order chi connectivity index (χ0) is 13.0. The number of amides is 2. The van der Waals surface area contributed by atoms with E-state index in [2.05, 4.69) is 5.32 Å². The molecule has 1 aliphatic rings. The van der Waals surface area contributed by atoms with Crippen LogP contribution in [0.4, 0.5) is 10.5 Å². The van der Waals surface area contributed by atoms with Crippen LogP contribution in [-0.2, 0) is 4.74 Å². The van der Waals surface area contributed by atoms with Crippen molar-refractivity contribution in [3.63, 3.8) is 0 Å². The number of carbonyl (C=O) groups excluding carboxylic acids is 1. The molecule has 0 aromatic heterocycles. The van der Waals surface area contributed by atoms with E-state index in [9.17, 15) is 4.79 Å². The van der Waals surface area contributed by atoms with Gasteiger partial charge in [-0.1, -0.05) is 18.2 Å². The van der Waals surface area contributed by atoms with Gasteiger partial charge in [0.25, 0.3) is 0 Å². The van der Waals surface area contributed by atoms with Crippen LogP contribution in [0, 0.1) is 6.92 Å². The van der Waals surface area contributed by atoms with Gasteiger partial charge in [-0.05, 0) is 31.4 Å². The number of benzene rings is 1. The fraction of sp³-hybridized carbons (Fsp3) is 0.500. The Morgan fingerprint density at radius 1 is 1.33 bits per heavy atom. The molecular formula is C14H20N2O2. The molecule has 1 fully saturated rings. The van der Waals surface area contributed by atoms with Crippen molar-refractivity contribution in [3.8, 4) is 0 Å². The number of ether oxygens (including phenoxy) is 1. The zero-order valence-electron chi connectivity index (χ0n) is 11.0. The Morgan fingerprint density at radius 2 is 2.00 bits per heavy atom. The summed E-state index contributed by atoms with van der Waals surface area (Å²) >= 11 is 0. The van der Waals surface area contributed by atoms with Gasteiger partial charge in [0.15, 0.2) is 0 Å². The minimum absolute atomic E-state index is 0.0150. The van der Waals surface area contributed by atoms with Gasteiger partial charge in [-0.2, -0.15) is 0 Å². The third-order valence-corrected chi connectivity index (χ3v) is 3.45. The van der Waals surface area contributed by atoms with Crippen LogP contribution in [0.15, 0.2) is 24.3 Å². The van der Waals surface area contributed by atoms with E-state index in [0.717, 1.165) is 37.2 Å². The Balaban J connectivity index is 1.91. The van der Waals surface area contributed by atoms with Crippen LogP contribution in [0.5, 0.6) is 0 Å². The van der Waals surface area contributed by atoms with Gasteiger partial charge in [0.2, 0.25) is 0 Å². The first-order valence-corrected chi connectivity index (χ1v) is 6.35. The van der Waals surface area contributed by atoms with Crippen LogP contribution < -0.4 is 5.32 Å². The average Bonchev–Trinajstić information content (AvgIpc) is 2.41. The van der Waals surface area contributed by atoms with Gasteiger partial charge in [0.1, 0.15) is 0 Å². The van der Waals surface area contributed by atoms with Gasteiger partial charge in [0.05, 0.1) is 6.10 Å². The summed E-state index contributed by atoms with van der Waals surface area (Å²) < 4.78 is 5.30. The van der Waals surface area contributed by atoms with Gasteiger partial charge in [-0.15, -0.1) is 0 Å². The quantitative estimate of drug-likeness (QED) is 0.874. The average molecular weight is 248 g/mol. The maximum absolute atomic E-state index is 12.1. The number of methoxy groups -OCH3 is 1. The van der Waals surface area contributed by atoms with Crippen molar-refractivity contribution in [2.45, 2.75) is 25.9 Å². The topological polar surface area (TPSA) is 41.6 Å². The lowest BCUT2D eigenvalue weighted by atomic mass is 10.1. The largest absolute Gasteiger partial charge is 0.381 e. The molecule has 98 valence electrons. The fourth-order valence-electron chi connectivity index (χ4n) is 2.20. The van der Waals surface area contributed by atoms with Crippen molar-refractivity contribution in [3.05, 3.63) is 29.8 Å². The normalized spacial score (nSPS) is 16.7. The van der Waals surface area contributed by atoms with E-state index in [4.69, 9.17) is 4.74 Å². The van der Waals surface area contributed by atoms with E-state index in [1.54, 1.807) is 7.11 Å². The first kappa shape index (κ1) is 12.9. The second-order valence-corrected chi connectivity index (χ2v) is 4.67. The van der Waals surface area contributed by atoms with Crippen LogP contribution in [-0.4, -0.2) is 37.2 Å². The standard InChI is InChI=1S/C14H20N2O2/c1-11-5-3-4-6-13(11)15-14(17)16-9-7-12(18-2)8-10-16/h3-6,12H,7-10H2,1-2H3,(H,15,17). The Labute approximate surface area is 108 Å². The van der Waals surface area contributed by atoms with Crippen LogP contribution in [0.25, 0.3) is 0 Å². The summed E-state index contributed by atoms with van der Waals surface area (Å²) in [6.07, 6.45) is 2.13. The summed E-state index contributed by atoms with van der Waals surface area (Å²) in [5, 5.41) is 2.96. The number of carbonyl (C=O) groups is 1. The van der Waals surface area contributed by atoms with Crippen molar-refractivity contribution in [2.75, 3.05) is 25.5 Å². The van der Waals surface area contributed by atoms with Crippen LogP contribution in [0.2, 0.25) is 0 Å². The number of urea groups is 1. The van der Waals surface area contributed by atoms with Gasteiger partial charge in [0, 0.05) is 25.9 Å². The van der Waals surface area contributed by atoms with Crippen LogP contribution in [0.1, 0.15) is 18.4 Å². The van der Waals surface area contributed by atoms with Gasteiger partial charge in [-0.25, -0.2) is 4.79 Å². The molecule has 0 spiro atoms. The minimum atomic E-state index is -0.0150. The second-order valence-electron chi connectivity index (χ2n) is 4.67. The summed E-state index contributed by atoms with van der Waals surface area (Å²) in [5.74, 6) is 0. The first-order valence-electron chi connectivity index (χ1n) is 6.35. The molecule has 0 bridgehead atoms. The van der Waals surface area contributed by atoms with Crippen molar-refractivity contribution >= 4 is 11.7 Å². The van der Waals surface area contributed by atoms with Crippen molar-refractivity contribution in [2.24, 2.45) is 0 Å². The number of hydrogen-bond acceptors (Lipinski definition) is 2. The molecule has 0 aliphatic carbocycles. The Bertz CT molecular complexity index is 412. The van der Waals surface area contributed by atoms with Gasteiger partial charge < -0.3 is 15.0 Å². The van der Waals surface area contributed by atoms with Crippen molar-refractivity contribution in [1.29, 1.82) is 0 Å². The number of para-hydroxylation sites is 1. The molecule has 2 rings (SSSR count). The number of anilines is 1. The highest BCUT2D eigenvalue weighted by molar-refractivity contribution is 5.90. The molecule has 4 nitrogen and oxygen atoms in total. The molecule has 1 aromatic rings. The molecule has 1 N–H and O–H groups in total.